The highest BCUT2D eigenvalue weighted by molar-refractivity contribution is 8.21. The summed E-state index contributed by atoms with van der Waals surface area (Å²) in [6, 6.07) is 8.70. The first-order chi connectivity index (χ1) is 10.0. The van der Waals surface area contributed by atoms with Crippen LogP contribution in [0.4, 0.5) is 0 Å². The maximum absolute atomic E-state index is 11.1. The SMILES string of the molecule is C=CCC(O)(C=C(SC)SC)C1CC1c1ccc(C)cc1. The zero-order valence-electron chi connectivity index (χ0n) is 13.0. The number of rotatable bonds is 7. The summed E-state index contributed by atoms with van der Waals surface area (Å²) < 4.78 is 1.17. The highest BCUT2D eigenvalue weighted by atomic mass is 32.2. The van der Waals surface area contributed by atoms with Crippen LogP contribution in [0.5, 0.6) is 0 Å². The Morgan fingerprint density at radius 2 is 1.95 bits per heavy atom. The topological polar surface area (TPSA) is 20.2 Å². The van der Waals surface area contributed by atoms with Crippen molar-refractivity contribution in [3.63, 3.8) is 0 Å². The molecular weight excluding hydrogens is 296 g/mol. The number of thioether (sulfide) groups is 2. The van der Waals surface area contributed by atoms with E-state index in [4.69, 9.17) is 0 Å². The molecule has 1 N–H and O–H groups in total. The number of hydrogen-bond donors (Lipinski definition) is 1. The van der Waals surface area contributed by atoms with Crippen molar-refractivity contribution in [2.45, 2.75) is 31.3 Å². The first kappa shape index (κ1) is 16.7. The first-order valence-electron chi connectivity index (χ1n) is 7.24. The zero-order valence-corrected chi connectivity index (χ0v) is 14.6. The highest BCUT2D eigenvalue weighted by Gasteiger charge is 2.50. The third-order valence-corrected chi connectivity index (χ3v) is 6.22. The smallest absolute Gasteiger partial charge is 0.0914 e. The first-order valence-corrected chi connectivity index (χ1v) is 9.69. The lowest BCUT2D eigenvalue weighted by Crippen LogP contribution is -2.29. The maximum atomic E-state index is 11.1. The van der Waals surface area contributed by atoms with Crippen LogP contribution < -0.4 is 0 Å². The number of benzene rings is 1. The van der Waals surface area contributed by atoms with Gasteiger partial charge in [0.2, 0.25) is 0 Å². The summed E-state index contributed by atoms with van der Waals surface area (Å²) in [5.74, 6) is 0.768. The van der Waals surface area contributed by atoms with Crippen LogP contribution in [0.2, 0.25) is 0 Å². The fourth-order valence-electron chi connectivity index (χ4n) is 2.88. The second-order valence-electron chi connectivity index (χ2n) is 5.72. The van der Waals surface area contributed by atoms with Crippen molar-refractivity contribution in [1.29, 1.82) is 0 Å². The van der Waals surface area contributed by atoms with Crippen LogP contribution in [0.3, 0.4) is 0 Å². The third-order valence-electron chi connectivity index (χ3n) is 4.18. The van der Waals surface area contributed by atoms with Gasteiger partial charge < -0.3 is 5.11 Å². The van der Waals surface area contributed by atoms with E-state index in [1.807, 2.05) is 12.2 Å². The van der Waals surface area contributed by atoms with Crippen molar-refractivity contribution >= 4 is 23.5 Å². The van der Waals surface area contributed by atoms with Gasteiger partial charge in [-0.2, -0.15) is 0 Å². The van der Waals surface area contributed by atoms with Gasteiger partial charge in [0.15, 0.2) is 0 Å². The molecule has 0 spiro atoms. The monoisotopic (exact) mass is 320 g/mol. The van der Waals surface area contributed by atoms with Crippen molar-refractivity contribution in [3.05, 3.63) is 58.4 Å². The third kappa shape index (κ3) is 3.97. The summed E-state index contributed by atoms with van der Waals surface area (Å²) in [6.45, 7) is 5.93. The molecule has 0 saturated heterocycles. The van der Waals surface area contributed by atoms with Gasteiger partial charge in [-0.05, 0) is 55.8 Å². The lowest BCUT2D eigenvalue weighted by atomic mass is 9.91. The van der Waals surface area contributed by atoms with E-state index < -0.39 is 5.60 Å². The van der Waals surface area contributed by atoms with Gasteiger partial charge in [-0.1, -0.05) is 35.9 Å². The van der Waals surface area contributed by atoms with Gasteiger partial charge in [-0.15, -0.1) is 30.1 Å². The van der Waals surface area contributed by atoms with Crippen molar-refractivity contribution in [2.75, 3.05) is 12.5 Å². The minimum atomic E-state index is -0.765. The lowest BCUT2D eigenvalue weighted by molar-refractivity contribution is 0.0685. The molecule has 0 aliphatic heterocycles. The van der Waals surface area contributed by atoms with E-state index in [1.54, 1.807) is 23.5 Å². The van der Waals surface area contributed by atoms with Gasteiger partial charge in [-0.25, -0.2) is 0 Å². The molecule has 3 atom stereocenters. The summed E-state index contributed by atoms with van der Waals surface area (Å²) in [7, 11) is 0. The van der Waals surface area contributed by atoms with E-state index in [-0.39, 0.29) is 0 Å². The molecule has 3 heteroatoms. The average Bonchev–Trinajstić information content (AvgIpc) is 3.27. The molecule has 0 amide bonds. The Morgan fingerprint density at radius 3 is 2.48 bits per heavy atom. The molecule has 1 aliphatic rings. The average molecular weight is 321 g/mol. The molecule has 3 unspecified atom stereocenters. The van der Waals surface area contributed by atoms with E-state index >= 15 is 0 Å². The van der Waals surface area contributed by atoms with E-state index in [2.05, 4.69) is 50.3 Å². The summed E-state index contributed by atoms with van der Waals surface area (Å²) in [5, 5.41) is 11.1. The second kappa shape index (κ2) is 7.08. The number of hydrogen-bond acceptors (Lipinski definition) is 3. The molecule has 114 valence electrons. The quantitative estimate of drug-likeness (QED) is 0.716. The van der Waals surface area contributed by atoms with Gasteiger partial charge in [0, 0.05) is 4.24 Å². The molecule has 0 aromatic heterocycles. The molecule has 1 aromatic carbocycles. The van der Waals surface area contributed by atoms with Gasteiger partial charge in [0.25, 0.3) is 0 Å². The van der Waals surface area contributed by atoms with Gasteiger partial charge in [0.05, 0.1) is 5.60 Å². The number of aliphatic hydroxyl groups is 1. The second-order valence-corrected chi connectivity index (χ2v) is 7.67. The van der Waals surface area contributed by atoms with E-state index in [9.17, 15) is 5.11 Å². The summed E-state index contributed by atoms with van der Waals surface area (Å²) in [6.07, 6.45) is 9.66. The number of aryl methyl sites for hydroxylation is 1. The van der Waals surface area contributed by atoms with Crippen LogP contribution in [-0.2, 0) is 0 Å². The molecule has 0 bridgehead atoms. The van der Waals surface area contributed by atoms with Crippen LogP contribution in [0.1, 0.15) is 29.9 Å². The van der Waals surface area contributed by atoms with Crippen LogP contribution in [0, 0.1) is 12.8 Å². The standard InChI is InChI=1S/C18H24OS2/c1-5-10-18(19,12-17(20-3)21-4)16-11-15(16)14-8-6-13(2)7-9-14/h5-9,12,15-16,19H,1,10-11H2,2-4H3. The summed E-state index contributed by atoms with van der Waals surface area (Å²) >= 11 is 3.39. The fourth-order valence-corrected chi connectivity index (χ4v) is 4.19. The van der Waals surface area contributed by atoms with E-state index in [1.165, 1.54) is 15.4 Å². The Balaban J connectivity index is 2.19. The largest absolute Gasteiger partial charge is 0.385 e. The molecule has 1 fully saturated rings. The molecule has 21 heavy (non-hydrogen) atoms. The van der Waals surface area contributed by atoms with Crippen LogP contribution >= 0.6 is 23.5 Å². The summed E-state index contributed by atoms with van der Waals surface area (Å²) in [5.41, 5.74) is 1.86. The van der Waals surface area contributed by atoms with Gasteiger partial charge in [-0.3, -0.25) is 0 Å². The minimum absolute atomic E-state index is 0.299. The fraction of sp³-hybridized carbons (Fsp3) is 0.444. The van der Waals surface area contributed by atoms with Gasteiger partial charge >= 0.3 is 0 Å². The van der Waals surface area contributed by atoms with Crippen molar-refractivity contribution in [1.82, 2.24) is 0 Å². The molecule has 1 aromatic rings. The Kier molecular flexibility index (Phi) is 5.64. The summed E-state index contributed by atoms with van der Waals surface area (Å²) in [4.78, 5) is 0. The Hall–Kier alpha value is -0.640. The Labute approximate surface area is 136 Å². The molecular formula is C18H24OS2. The predicted octanol–water partition coefficient (Wildman–Crippen LogP) is 4.97. The van der Waals surface area contributed by atoms with Crippen molar-refractivity contribution in [3.8, 4) is 0 Å². The molecule has 0 heterocycles. The molecule has 1 aliphatic carbocycles. The van der Waals surface area contributed by atoms with Crippen LogP contribution in [0.25, 0.3) is 0 Å². The van der Waals surface area contributed by atoms with Crippen LogP contribution in [0.15, 0.2) is 47.2 Å². The zero-order chi connectivity index (χ0) is 15.5. The molecule has 0 radical (unpaired) electrons. The molecule has 1 nitrogen and oxygen atoms in total. The normalized spacial score (nSPS) is 23.2. The predicted molar refractivity (Wildman–Crippen MR) is 96.9 cm³/mol. The lowest BCUT2D eigenvalue weighted by Gasteiger charge is -2.25. The van der Waals surface area contributed by atoms with Gasteiger partial charge in [0.1, 0.15) is 0 Å². The Morgan fingerprint density at radius 1 is 1.33 bits per heavy atom. The van der Waals surface area contributed by atoms with Crippen LogP contribution in [-0.4, -0.2) is 23.2 Å². The van der Waals surface area contributed by atoms with Crippen molar-refractivity contribution < 1.29 is 5.11 Å². The van der Waals surface area contributed by atoms with E-state index in [0.29, 0.717) is 18.3 Å². The Bertz CT molecular complexity index is 515. The minimum Gasteiger partial charge on any atom is -0.385 e. The van der Waals surface area contributed by atoms with E-state index in [0.717, 1.165) is 6.42 Å². The molecule has 2 rings (SSSR count). The molecule has 1 saturated carbocycles. The highest BCUT2D eigenvalue weighted by Crippen LogP contribution is 2.55. The van der Waals surface area contributed by atoms with Crippen molar-refractivity contribution in [2.24, 2.45) is 5.92 Å². The maximum Gasteiger partial charge on any atom is 0.0914 e.